The molecular weight excluding hydrogens is 428 g/mol. The highest BCUT2D eigenvalue weighted by atomic mass is 32.2. The van der Waals surface area contributed by atoms with Gasteiger partial charge in [-0.2, -0.15) is 5.21 Å². The summed E-state index contributed by atoms with van der Waals surface area (Å²) in [7, 11) is 0. The summed E-state index contributed by atoms with van der Waals surface area (Å²) in [6.45, 7) is 0.534. The number of H-pyrrole nitrogens is 2. The van der Waals surface area contributed by atoms with Crippen LogP contribution in [0, 0.1) is 0 Å². The lowest BCUT2D eigenvalue weighted by Gasteiger charge is -2.13. The van der Waals surface area contributed by atoms with Gasteiger partial charge in [-0.05, 0) is 52.8 Å². The minimum absolute atomic E-state index is 0.0543. The largest absolute Gasteiger partial charge is 0.361 e. The van der Waals surface area contributed by atoms with E-state index in [0.29, 0.717) is 28.0 Å². The normalized spacial score (nSPS) is 15.5. The number of carbonyl (C=O) groups is 1. The Balaban J connectivity index is 1.32. The van der Waals surface area contributed by atoms with Crippen molar-refractivity contribution in [3.63, 3.8) is 0 Å². The Kier molecular flexibility index (Phi) is 5.35. The number of carbonyl (C=O) groups excluding carboxylic acids is 1. The maximum Gasteiger partial charge on any atom is 0.266 e. The molecule has 1 fully saturated rings. The number of aryl methyl sites for hydroxylation is 1. The Morgan fingerprint density at radius 2 is 2.03 bits per heavy atom. The fourth-order valence-electron chi connectivity index (χ4n) is 3.56. The number of aromatic nitrogens is 5. The average molecular weight is 447 g/mol. The number of rotatable bonds is 6. The summed E-state index contributed by atoms with van der Waals surface area (Å²) in [6.07, 6.45) is 5.21. The summed E-state index contributed by atoms with van der Waals surface area (Å²) in [6, 6.07) is 16.6. The molecule has 4 aromatic rings. The first-order valence-corrected chi connectivity index (χ1v) is 11.1. The van der Waals surface area contributed by atoms with E-state index >= 15 is 0 Å². The molecule has 1 aliphatic heterocycles. The fourth-order valence-corrected chi connectivity index (χ4v) is 4.87. The number of thiocarbonyl (C=S) groups is 1. The van der Waals surface area contributed by atoms with Crippen LogP contribution in [0.2, 0.25) is 0 Å². The van der Waals surface area contributed by atoms with Crippen molar-refractivity contribution in [2.45, 2.75) is 12.8 Å². The number of nitrogens with zero attached hydrogens (tertiary/aromatic N) is 4. The highest BCUT2D eigenvalue weighted by molar-refractivity contribution is 8.26. The molecule has 2 aromatic carbocycles. The van der Waals surface area contributed by atoms with Crippen LogP contribution in [0.5, 0.6) is 0 Å². The molecule has 0 bridgehead atoms. The zero-order chi connectivity index (χ0) is 21.2. The Morgan fingerprint density at radius 3 is 2.90 bits per heavy atom. The van der Waals surface area contributed by atoms with Gasteiger partial charge in [0.1, 0.15) is 4.32 Å². The van der Waals surface area contributed by atoms with E-state index in [-0.39, 0.29) is 5.91 Å². The lowest BCUT2D eigenvalue weighted by Crippen LogP contribution is -2.29. The van der Waals surface area contributed by atoms with Gasteiger partial charge in [0, 0.05) is 24.7 Å². The number of benzene rings is 2. The Bertz CT molecular complexity index is 1290. The number of aromatic amines is 2. The Labute approximate surface area is 187 Å². The van der Waals surface area contributed by atoms with E-state index in [1.165, 1.54) is 17.1 Å². The van der Waals surface area contributed by atoms with E-state index in [4.69, 9.17) is 12.2 Å². The van der Waals surface area contributed by atoms with Gasteiger partial charge in [-0.25, -0.2) is 0 Å². The maximum atomic E-state index is 12.9. The molecule has 0 saturated carbocycles. The number of hydrogen-bond acceptors (Lipinski definition) is 6. The molecule has 0 spiro atoms. The average Bonchev–Trinajstić information content (AvgIpc) is 3.51. The number of fused-ring (bicyclic) bond motifs is 1. The van der Waals surface area contributed by atoms with Crippen molar-refractivity contribution in [2.24, 2.45) is 0 Å². The second kappa shape index (κ2) is 8.44. The van der Waals surface area contributed by atoms with Crippen molar-refractivity contribution < 1.29 is 4.79 Å². The minimum Gasteiger partial charge on any atom is -0.361 e. The number of thioether (sulfide) groups is 1. The van der Waals surface area contributed by atoms with Crippen LogP contribution in [-0.2, 0) is 11.2 Å². The second-order valence-corrected chi connectivity index (χ2v) is 8.85. The third-order valence-corrected chi connectivity index (χ3v) is 6.50. The molecule has 1 saturated heterocycles. The Morgan fingerprint density at radius 1 is 1.13 bits per heavy atom. The zero-order valence-corrected chi connectivity index (χ0v) is 18.0. The topological polar surface area (TPSA) is 90.6 Å². The molecule has 5 rings (SSSR count). The van der Waals surface area contributed by atoms with Gasteiger partial charge in [0.15, 0.2) is 5.82 Å². The van der Waals surface area contributed by atoms with E-state index in [0.717, 1.165) is 28.6 Å². The maximum absolute atomic E-state index is 12.9. The summed E-state index contributed by atoms with van der Waals surface area (Å²) in [5.41, 5.74) is 4.29. The van der Waals surface area contributed by atoms with Crippen LogP contribution < -0.4 is 0 Å². The SMILES string of the molecule is O=C1C(=Cc2cccc(-c3ccc4cc[nH]c4c3)c2)SC(=S)N1CCCc1nn[nH]n1. The van der Waals surface area contributed by atoms with Crippen molar-refractivity contribution in [1.82, 2.24) is 30.5 Å². The number of tetrazole rings is 1. The first-order valence-electron chi connectivity index (χ1n) is 9.83. The van der Waals surface area contributed by atoms with Crippen LogP contribution >= 0.6 is 24.0 Å². The van der Waals surface area contributed by atoms with Crippen molar-refractivity contribution in [3.05, 3.63) is 71.0 Å². The van der Waals surface area contributed by atoms with Crippen LogP contribution in [0.25, 0.3) is 28.1 Å². The number of nitrogens with one attached hydrogen (secondary N) is 2. The monoisotopic (exact) mass is 446 g/mol. The third kappa shape index (κ3) is 4.14. The fraction of sp³-hybridized carbons (Fsp3) is 0.136. The van der Waals surface area contributed by atoms with Gasteiger partial charge in [0.2, 0.25) is 0 Å². The predicted octanol–water partition coefficient (Wildman–Crippen LogP) is 4.18. The first kappa shape index (κ1) is 19.7. The number of hydrogen-bond donors (Lipinski definition) is 2. The van der Waals surface area contributed by atoms with Gasteiger partial charge in [-0.3, -0.25) is 9.69 Å². The molecule has 9 heteroatoms. The van der Waals surface area contributed by atoms with E-state index < -0.39 is 0 Å². The quantitative estimate of drug-likeness (QED) is 0.341. The molecule has 31 heavy (non-hydrogen) atoms. The standard InChI is InChI=1S/C22H18N6OS2/c29-21-19(31-22(30)28(21)10-2-5-20-24-26-27-25-20)12-14-3-1-4-16(11-14)17-7-6-15-8-9-23-18(15)13-17/h1,3-4,6-9,11-13,23H,2,5,10H2,(H,24,25,26,27). The van der Waals surface area contributed by atoms with E-state index in [9.17, 15) is 4.79 Å². The van der Waals surface area contributed by atoms with Gasteiger partial charge in [-0.1, -0.05) is 59.5 Å². The molecule has 1 amide bonds. The van der Waals surface area contributed by atoms with Crippen LogP contribution in [0.15, 0.2) is 59.6 Å². The van der Waals surface area contributed by atoms with Gasteiger partial charge in [0.05, 0.1) is 4.91 Å². The summed E-state index contributed by atoms with van der Waals surface area (Å²) in [5, 5.41) is 15.0. The van der Waals surface area contributed by atoms with Crippen molar-refractivity contribution in [1.29, 1.82) is 0 Å². The van der Waals surface area contributed by atoms with Crippen molar-refractivity contribution in [2.75, 3.05) is 6.54 Å². The smallest absolute Gasteiger partial charge is 0.266 e. The highest BCUT2D eigenvalue weighted by Gasteiger charge is 2.31. The number of amides is 1. The second-order valence-electron chi connectivity index (χ2n) is 7.17. The van der Waals surface area contributed by atoms with E-state index in [2.05, 4.69) is 62.0 Å². The molecule has 2 aromatic heterocycles. The molecule has 0 aliphatic carbocycles. The van der Waals surface area contributed by atoms with Crippen LogP contribution in [-0.4, -0.2) is 47.3 Å². The molecular formula is C22H18N6OS2. The predicted molar refractivity (Wildman–Crippen MR) is 126 cm³/mol. The highest BCUT2D eigenvalue weighted by Crippen LogP contribution is 2.33. The summed E-state index contributed by atoms with van der Waals surface area (Å²) in [5.74, 6) is 0.580. The molecule has 0 unspecified atom stereocenters. The van der Waals surface area contributed by atoms with E-state index in [1.54, 1.807) is 4.90 Å². The summed E-state index contributed by atoms with van der Waals surface area (Å²) >= 11 is 6.78. The van der Waals surface area contributed by atoms with Gasteiger partial charge >= 0.3 is 0 Å². The van der Waals surface area contributed by atoms with E-state index in [1.807, 2.05) is 24.4 Å². The van der Waals surface area contributed by atoms with Crippen LogP contribution in [0.1, 0.15) is 17.8 Å². The lowest BCUT2D eigenvalue weighted by atomic mass is 10.0. The van der Waals surface area contributed by atoms with Crippen molar-refractivity contribution in [3.8, 4) is 11.1 Å². The summed E-state index contributed by atoms with van der Waals surface area (Å²) in [4.78, 5) is 18.4. The van der Waals surface area contributed by atoms with Crippen LogP contribution in [0.4, 0.5) is 0 Å². The first-order chi connectivity index (χ1) is 15.2. The molecule has 2 N–H and O–H groups in total. The van der Waals surface area contributed by atoms with Gasteiger partial charge in [0.25, 0.3) is 5.91 Å². The summed E-state index contributed by atoms with van der Waals surface area (Å²) < 4.78 is 0.581. The zero-order valence-electron chi connectivity index (χ0n) is 16.4. The minimum atomic E-state index is -0.0543. The van der Waals surface area contributed by atoms with Crippen molar-refractivity contribution >= 4 is 51.2 Å². The molecule has 0 radical (unpaired) electrons. The van der Waals surface area contributed by atoms with Crippen LogP contribution in [0.3, 0.4) is 0 Å². The van der Waals surface area contributed by atoms with Gasteiger partial charge < -0.3 is 4.98 Å². The van der Waals surface area contributed by atoms with Gasteiger partial charge in [-0.15, -0.1) is 10.2 Å². The molecule has 1 aliphatic rings. The lowest BCUT2D eigenvalue weighted by molar-refractivity contribution is -0.122. The molecule has 7 nitrogen and oxygen atoms in total. The third-order valence-electron chi connectivity index (χ3n) is 5.12. The molecule has 154 valence electrons. The molecule has 3 heterocycles. The Hall–Kier alpha value is -3.30. The molecule has 0 atom stereocenters.